The highest BCUT2D eigenvalue weighted by atomic mass is 35.5. The SMILES string of the molecule is C=C1/C=C\[C@H](OC(C)=O)[C@]2(C)C([C@H](OC(C)=O)[C@]3(O)[C@@H](C)C(=O)O[C@H]3[C@H]1Cl)[C@@](C)(O)[C@@H](O)[C@@H]1O[C@@H]12. The minimum atomic E-state index is -2.25. The van der Waals surface area contributed by atoms with E-state index in [-0.39, 0.29) is 5.57 Å². The van der Waals surface area contributed by atoms with Crippen molar-refractivity contribution in [1.82, 2.24) is 0 Å². The van der Waals surface area contributed by atoms with Gasteiger partial charge in [-0.15, -0.1) is 11.6 Å². The Hall–Kier alpha value is -1.98. The molecule has 4 rings (SSSR count). The maximum Gasteiger partial charge on any atom is 0.312 e. The number of aliphatic hydroxyl groups excluding tert-OH is 1. The number of alkyl halides is 1. The third kappa shape index (κ3) is 3.64. The highest BCUT2D eigenvalue weighted by molar-refractivity contribution is 6.23. The Labute approximate surface area is 207 Å². The number of carbonyl (C=O) groups is 3. The van der Waals surface area contributed by atoms with E-state index in [0.29, 0.717) is 0 Å². The van der Waals surface area contributed by atoms with Crippen molar-refractivity contribution < 1.29 is 48.7 Å². The zero-order valence-corrected chi connectivity index (χ0v) is 20.9. The highest BCUT2D eigenvalue weighted by Gasteiger charge is 2.78. The van der Waals surface area contributed by atoms with Gasteiger partial charge in [-0.1, -0.05) is 19.6 Å². The van der Waals surface area contributed by atoms with Gasteiger partial charge in [-0.05, 0) is 25.5 Å². The molecular formula is C24H31ClO10. The summed E-state index contributed by atoms with van der Waals surface area (Å²) in [5.41, 5.74) is -5.39. The van der Waals surface area contributed by atoms with Crippen molar-refractivity contribution in [3.8, 4) is 0 Å². The second kappa shape index (κ2) is 8.27. The zero-order valence-electron chi connectivity index (χ0n) is 20.1. The van der Waals surface area contributed by atoms with E-state index < -0.39 is 88.4 Å². The van der Waals surface area contributed by atoms with Gasteiger partial charge in [0.1, 0.15) is 24.4 Å². The summed E-state index contributed by atoms with van der Waals surface area (Å²) in [5, 5.41) is 33.8. The first-order valence-corrected chi connectivity index (χ1v) is 11.9. The maximum atomic E-state index is 12.7. The highest BCUT2D eigenvalue weighted by Crippen LogP contribution is 2.62. The molecule has 35 heavy (non-hydrogen) atoms. The van der Waals surface area contributed by atoms with Gasteiger partial charge in [0.2, 0.25) is 0 Å². The van der Waals surface area contributed by atoms with Gasteiger partial charge in [-0.3, -0.25) is 14.4 Å². The first-order chi connectivity index (χ1) is 16.1. The van der Waals surface area contributed by atoms with Crippen LogP contribution < -0.4 is 0 Å². The van der Waals surface area contributed by atoms with Crippen LogP contribution in [0, 0.1) is 17.3 Å². The molecule has 194 valence electrons. The predicted molar refractivity (Wildman–Crippen MR) is 120 cm³/mol. The average molecular weight is 515 g/mol. The van der Waals surface area contributed by atoms with Crippen LogP contribution in [0.2, 0.25) is 0 Å². The summed E-state index contributed by atoms with van der Waals surface area (Å²) in [4.78, 5) is 37.2. The Morgan fingerprint density at radius 3 is 2.31 bits per heavy atom. The van der Waals surface area contributed by atoms with Gasteiger partial charge in [0.05, 0.1) is 23.0 Å². The smallest absolute Gasteiger partial charge is 0.312 e. The Bertz CT molecular complexity index is 993. The molecule has 2 heterocycles. The van der Waals surface area contributed by atoms with Crippen LogP contribution in [0.5, 0.6) is 0 Å². The number of hydrogen-bond acceptors (Lipinski definition) is 10. The van der Waals surface area contributed by atoms with Crippen molar-refractivity contribution in [3.05, 3.63) is 24.3 Å². The van der Waals surface area contributed by atoms with Gasteiger partial charge in [0.25, 0.3) is 0 Å². The van der Waals surface area contributed by atoms with Crippen LogP contribution in [0.4, 0.5) is 0 Å². The van der Waals surface area contributed by atoms with Gasteiger partial charge in [0, 0.05) is 25.2 Å². The van der Waals surface area contributed by atoms with E-state index in [0.717, 1.165) is 6.92 Å². The van der Waals surface area contributed by atoms with Crippen molar-refractivity contribution in [1.29, 1.82) is 0 Å². The number of ether oxygens (including phenoxy) is 4. The van der Waals surface area contributed by atoms with Crippen molar-refractivity contribution in [2.75, 3.05) is 0 Å². The van der Waals surface area contributed by atoms with Gasteiger partial charge < -0.3 is 34.3 Å². The Balaban J connectivity index is 2.04. The van der Waals surface area contributed by atoms with Crippen molar-refractivity contribution in [2.45, 2.75) is 87.8 Å². The zero-order chi connectivity index (χ0) is 26.2. The lowest BCUT2D eigenvalue weighted by Crippen LogP contribution is -2.73. The molecule has 12 atom stereocenters. The first-order valence-electron chi connectivity index (χ1n) is 11.4. The summed E-state index contributed by atoms with van der Waals surface area (Å²) in [6.45, 7) is 10.6. The van der Waals surface area contributed by atoms with Crippen LogP contribution in [0.1, 0.15) is 34.6 Å². The standard InChI is InChI=1S/C24H31ClO10/c1-9-7-8-13(32-11(3)26)22(5)16(23(6,30)17(28)15-19(22)34-15)20(33-12(4)27)24(31)10(2)21(29)35-18(24)14(9)25/h7-8,10,13-20,28,30-31H,1H2,2-6H3/b8-7-/t10-,13-,14-,15-,16?,17-,18-,19-,20-,22+,23+,24-/m0/s1. The number of rotatable bonds is 2. The Kier molecular flexibility index (Phi) is 6.17. The van der Waals surface area contributed by atoms with E-state index in [2.05, 4.69) is 6.58 Å². The topological polar surface area (TPSA) is 152 Å². The van der Waals surface area contributed by atoms with Gasteiger partial charge in [0.15, 0.2) is 11.7 Å². The molecule has 10 nitrogen and oxygen atoms in total. The second-order valence-corrected chi connectivity index (χ2v) is 10.9. The lowest BCUT2D eigenvalue weighted by atomic mass is 9.52. The molecule has 3 fully saturated rings. The summed E-state index contributed by atoms with van der Waals surface area (Å²) in [6.07, 6.45) is -4.09. The Morgan fingerprint density at radius 2 is 1.74 bits per heavy atom. The number of aliphatic hydroxyl groups is 3. The number of allylic oxidation sites excluding steroid dienone is 1. The van der Waals surface area contributed by atoms with E-state index in [1.54, 1.807) is 6.92 Å². The van der Waals surface area contributed by atoms with Gasteiger partial charge >= 0.3 is 17.9 Å². The summed E-state index contributed by atoms with van der Waals surface area (Å²) < 4.78 is 22.6. The van der Waals surface area contributed by atoms with E-state index in [4.69, 9.17) is 30.5 Å². The van der Waals surface area contributed by atoms with Crippen LogP contribution in [-0.2, 0) is 33.3 Å². The summed E-state index contributed by atoms with van der Waals surface area (Å²) in [7, 11) is 0. The first kappa shape index (κ1) is 26.1. The maximum absolute atomic E-state index is 12.7. The normalized spacial score (nSPS) is 51.7. The molecule has 0 radical (unpaired) electrons. The molecule has 3 N–H and O–H groups in total. The molecule has 1 saturated carbocycles. The molecule has 1 unspecified atom stereocenters. The molecule has 0 aromatic rings. The van der Waals surface area contributed by atoms with Crippen molar-refractivity contribution >= 4 is 29.5 Å². The summed E-state index contributed by atoms with van der Waals surface area (Å²) >= 11 is 6.62. The lowest BCUT2D eigenvalue weighted by molar-refractivity contribution is -0.255. The summed E-state index contributed by atoms with van der Waals surface area (Å²) in [5.74, 6) is -4.79. The van der Waals surface area contributed by atoms with Crippen LogP contribution >= 0.6 is 11.6 Å². The molecule has 0 aromatic heterocycles. The molecule has 2 saturated heterocycles. The fourth-order valence-electron chi connectivity index (χ4n) is 6.28. The van der Waals surface area contributed by atoms with Crippen molar-refractivity contribution in [3.63, 3.8) is 0 Å². The average Bonchev–Trinajstić information content (AvgIpc) is 3.53. The summed E-state index contributed by atoms with van der Waals surface area (Å²) in [6, 6.07) is 0. The monoisotopic (exact) mass is 514 g/mol. The van der Waals surface area contributed by atoms with Crippen molar-refractivity contribution in [2.24, 2.45) is 17.3 Å². The minimum Gasteiger partial charge on any atom is -0.459 e. The van der Waals surface area contributed by atoms with E-state index in [1.807, 2.05) is 0 Å². The molecule has 2 aliphatic heterocycles. The van der Waals surface area contributed by atoms with E-state index >= 15 is 0 Å². The van der Waals surface area contributed by atoms with Gasteiger partial charge in [-0.25, -0.2) is 0 Å². The number of halogens is 1. The van der Waals surface area contributed by atoms with Crippen LogP contribution in [0.25, 0.3) is 0 Å². The quantitative estimate of drug-likeness (QED) is 0.204. The number of esters is 3. The molecule has 0 spiro atoms. The van der Waals surface area contributed by atoms with Crippen LogP contribution in [-0.4, -0.2) is 86.4 Å². The predicted octanol–water partition coefficient (Wildman–Crippen LogP) is 0.391. The fourth-order valence-corrected chi connectivity index (χ4v) is 6.60. The largest absolute Gasteiger partial charge is 0.459 e. The molecule has 0 amide bonds. The molecule has 2 aliphatic carbocycles. The lowest BCUT2D eigenvalue weighted by Gasteiger charge is -2.56. The number of carbonyl (C=O) groups excluding carboxylic acids is 3. The van der Waals surface area contributed by atoms with Crippen LogP contribution in [0.15, 0.2) is 24.3 Å². The molecule has 4 aliphatic rings. The number of hydrogen-bond donors (Lipinski definition) is 3. The molecule has 0 bridgehead atoms. The van der Waals surface area contributed by atoms with Crippen LogP contribution in [0.3, 0.4) is 0 Å². The third-order valence-corrected chi connectivity index (χ3v) is 8.67. The van der Waals surface area contributed by atoms with E-state index in [1.165, 1.54) is 32.9 Å². The number of epoxide rings is 1. The Morgan fingerprint density at radius 1 is 1.14 bits per heavy atom. The molecule has 11 heteroatoms. The van der Waals surface area contributed by atoms with Gasteiger partial charge in [-0.2, -0.15) is 0 Å². The second-order valence-electron chi connectivity index (χ2n) is 10.4. The third-order valence-electron chi connectivity index (χ3n) is 8.16. The number of fused-ring (bicyclic) bond motifs is 4. The fraction of sp³-hybridized carbons (Fsp3) is 0.708. The molecule has 0 aromatic carbocycles. The van der Waals surface area contributed by atoms with E-state index in [9.17, 15) is 29.7 Å². The molecular weight excluding hydrogens is 484 g/mol. The minimum absolute atomic E-state index is 0.244.